The van der Waals surface area contributed by atoms with Crippen molar-refractivity contribution in [2.75, 3.05) is 52.6 Å². The molecule has 186 valence electrons. The Kier molecular flexibility index (Phi) is 7.02. The van der Waals surface area contributed by atoms with Gasteiger partial charge in [0.1, 0.15) is 10.8 Å². The van der Waals surface area contributed by atoms with Crippen LogP contribution in [0, 0.1) is 11.3 Å². The van der Waals surface area contributed by atoms with E-state index in [2.05, 4.69) is 20.9 Å². The number of piperazine rings is 1. The average molecular weight is 495 g/mol. The first-order valence-electron chi connectivity index (χ1n) is 12.5. The molecule has 2 saturated heterocycles. The smallest absolute Gasteiger partial charge is 0.256 e. The molecule has 0 unspecified atom stereocenters. The summed E-state index contributed by atoms with van der Waals surface area (Å²) >= 11 is 1.50. The van der Waals surface area contributed by atoms with Crippen molar-refractivity contribution >= 4 is 23.6 Å². The minimum atomic E-state index is 0.0620. The summed E-state index contributed by atoms with van der Waals surface area (Å²) < 4.78 is 5.49. The van der Waals surface area contributed by atoms with Crippen molar-refractivity contribution in [2.45, 2.75) is 30.8 Å². The largest absolute Gasteiger partial charge is 0.496 e. The molecule has 1 atom stereocenters. The Balaban J connectivity index is 1.11. The Morgan fingerprint density at radius 2 is 1.77 bits per heavy atom. The second-order valence-electron chi connectivity index (χ2n) is 9.88. The Morgan fingerprint density at radius 3 is 2.49 bits per heavy atom. The number of rotatable bonds is 6. The highest BCUT2D eigenvalue weighted by Crippen LogP contribution is 2.60. The van der Waals surface area contributed by atoms with E-state index in [1.807, 2.05) is 41.5 Å². The van der Waals surface area contributed by atoms with Gasteiger partial charge in [0.2, 0.25) is 5.91 Å². The summed E-state index contributed by atoms with van der Waals surface area (Å²) in [5.74, 6) is 1.43. The van der Waals surface area contributed by atoms with Crippen LogP contribution in [0.1, 0.15) is 35.2 Å². The van der Waals surface area contributed by atoms with Crippen LogP contribution in [0.15, 0.2) is 47.6 Å². The number of ether oxygens (including phenoxy) is 1. The van der Waals surface area contributed by atoms with Gasteiger partial charge in [-0.2, -0.15) is 0 Å². The highest BCUT2D eigenvalue weighted by Gasteiger charge is 2.59. The molecule has 2 amide bonds. The van der Waals surface area contributed by atoms with Crippen LogP contribution in [0.4, 0.5) is 0 Å². The summed E-state index contributed by atoms with van der Waals surface area (Å²) in [6, 6.07) is 11.8. The number of likely N-dealkylation sites (tertiary alicyclic amines) is 1. The zero-order chi connectivity index (χ0) is 24.4. The molecule has 1 aliphatic carbocycles. The fourth-order valence-electron chi connectivity index (χ4n) is 5.71. The summed E-state index contributed by atoms with van der Waals surface area (Å²) in [5, 5.41) is 0.780. The molecule has 1 aromatic heterocycles. The second-order valence-corrected chi connectivity index (χ2v) is 10.7. The molecule has 2 aromatic rings. The van der Waals surface area contributed by atoms with Gasteiger partial charge in [-0.3, -0.25) is 14.5 Å². The van der Waals surface area contributed by atoms with Crippen molar-refractivity contribution < 1.29 is 14.3 Å². The van der Waals surface area contributed by atoms with E-state index < -0.39 is 0 Å². The first kappa shape index (κ1) is 24.1. The number of thioether (sulfide) groups is 1. The monoisotopic (exact) mass is 494 g/mol. The van der Waals surface area contributed by atoms with Gasteiger partial charge in [0, 0.05) is 63.5 Å². The van der Waals surface area contributed by atoms with Crippen LogP contribution in [0.5, 0.6) is 5.75 Å². The zero-order valence-electron chi connectivity index (χ0n) is 20.6. The summed E-state index contributed by atoms with van der Waals surface area (Å²) in [6.07, 6.45) is 6.48. The molecule has 0 N–H and O–H groups in total. The molecule has 8 heteroatoms. The molecule has 7 nitrogen and oxygen atoms in total. The number of benzene rings is 1. The Morgan fingerprint density at radius 1 is 1.03 bits per heavy atom. The third-order valence-electron chi connectivity index (χ3n) is 8.00. The summed E-state index contributed by atoms with van der Waals surface area (Å²) in [7, 11) is 1.71. The Hall–Kier alpha value is -2.58. The zero-order valence-corrected chi connectivity index (χ0v) is 21.4. The molecule has 2 aliphatic heterocycles. The van der Waals surface area contributed by atoms with Crippen LogP contribution in [0.25, 0.3) is 0 Å². The maximum atomic E-state index is 13.3. The van der Waals surface area contributed by atoms with E-state index >= 15 is 0 Å². The van der Waals surface area contributed by atoms with Gasteiger partial charge in [-0.1, -0.05) is 18.2 Å². The maximum absolute atomic E-state index is 13.3. The van der Waals surface area contributed by atoms with Crippen molar-refractivity contribution in [3.8, 4) is 5.75 Å². The molecule has 5 rings (SSSR count). The fourth-order valence-corrected chi connectivity index (χ4v) is 6.25. The molecule has 0 radical (unpaired) electrons. The SMILES string of the molecule is COc1ccccc1CN1CCN(C(=O)[C@@H]2CC23CCN(C(=O)c2cccnc2SC)CC3)CC1. The normalized spacial score (nSPS) is 21.7. The number of hydrogen-bond acceptors (Lipinski definition) is 6. The van der Waals surface area contributed by atoms with Gasteiger partial charge in [0.05, 0.1) is 12.7 Å². The number of nitrogens with zero attached hydrogens (tertiary/aromatic N) is 4. The first-order valence-corrected chi connectivity index (χ1v) is 13.7. The van der Waals surface area contributed by atoms with Crippen LogP contribution in [-0.4, -0.2) is 84.1 Å². The van der Waals surface area contributed by atoms with Crippen molar-refractivity contribution in [1.29, 1.82) is 0 Å². The number of carbonyl (C=O) groups excluding carboxylic acids is 2. The van der Waals surface area contributed by atoms with Crippen molar-refractivity contribution in [3.05, 3.63) is 53.7 Å². The molecular formula is C27H34N4O3S. The van der Waals surface area contributed by atoms with Crippen LogP contribution in [0.2, 0.25) is 0 Å². The molecular weight excluding hydrogens is 460 g/mol. The van der Waals surface area contributed by atoms with Gasteiger partial charge in [0.15, 0.2) is 0 Å². The number of carbonyl (C=O) groups is 2. The van der Waals surface area contributed by atoms with E-state index in [0.717, 1.165) is 75.9 Å². The summed E-state index contributed by atoms with van der Waals surface area (Å²) in [4.78, 5) is 37.1. The van der Waals surface area contributed by atoms with Gasteiger partial charge in [0.25, 0.3) is 5.91 Å². The average Bonchev–Trinajstić information content (AvgIpc) is 3.61. The molecule has 3 heterocycles. The highest BCUT2D eigenvalue weighted by atomic mass is 32.2. The van der Waals surface area contributed by atoms with Crippen molar-refractivity contribution in [1.82, 2.24) is 19.7 Å². The topological polar surface area (TPSA) is 66.0 Å². The van der Waals surface area contributed by atoms with E-state index in [4.69, 9.17) is 4.74 Å². The van der Waals surface area contributed by atoms with Gasteiger partial charge in [-0.15, -0.1) is 11.8 Å². The van der Waals surface area contributed by atoms with Gasteiger partial charge < -0.3 is 14.5 Å². The predicted molar refractivity (Wildman–Crippen MR) is 137 cm³/mol. The lowest BCUT2D eigenvalue weighted by atomic mass is 9.90. The number of aromatic nitrogens is 1. The first-order chi connectivity index (χ1) is 17.0. The number of amides is 2. The Bertz CT molecular complexity index is 1080. The third kappa shape index (κ3) is 4.91. The molecule has 3 aliphatic rings. The summed E-state index contributed by atoms with van der Waals surface area (Å²) in [5.41, 5.74) is 1.97. The quantitative estimate of drug-likeness (QED) is 0.574. The lowest BCUT2D eigenvalue weighted by molar-refractivity contribution is -0.135. The van der Waals surface area contributed by atoms with E-state index in [9.17, 15) is 9.59 Å². The van der Waals surface area contributed by atoms with Gasteiger partial charge in [-0.05, 0) is 49.1 Å². The number of pyridine rings is 1. The van der Waals surface area contributed by atoms with Gasteiger partial charge in [-0.25, -0.2) is 4.98 Å². The van der Waals surface area contributed by atoms with E-state index in [0.29, 0.717) is 11.5 Å². The molecule has 1 spiro atoms. The standard InChI is InChI=1S/C27H34N4O3S/c1-34-23-8-4-3-6-20(23)19-29-14-16-31(17-15-29)26(33)22-18-27(22)9-12-30(13-10-27)25(32)21-7-5-11-28-24(21)35-2/h3-8,11,22H,9-10,12-19H2,1-2H3/t22-/m0/s1. The molecule has 1 saturated carbocycles. The molecule has 35 heavy (non-hydrogen) atoms. The van der Waals surface area contributed by atoms with Gasteiger partial charge >= 0.3 is 0 Å². The minimum Gasteiger partial charge on any atom is -0.496 e. The predicted octanol–water partition coefficient (Wildman–Crippen LogP) is 3.40. The minimum absolute atomic E-state index is 0.0620. The summed E-state index contributed by atoms with van der Waals surface area (Å²) in [6.45, 7) is 5.62. The fraction of sp³-hybridized carbons (Fsp3) is 0.519. The lowest BCUT2D eigenvalue weighted by Crippen LogP contribution is -2.49. The van der Waals surface area contributed by atoms with Crippen LogP contribution < -0.4 is 4.74 Å². The number of hydrogen-bond donors (Lipinski definition) is 0. The van der Waals surface area contributed by atoms with Crippen molar-refractivity contribution in [2.24, 2.45) is 11.3 Å². The Labute approximate surface area is 211 Å². The van der Waals surface area contributed by atoms with Crippen LogP contribution in [-0.2, 0) is 11.3 Å². The number of methoxy groups -OCH3 is 1. The van der Waals surface area contributed by atoms with Crippen LogP contribution in [0.3, 0.4) is 0 Å². The third-order valence-corrected chi connectivity index (χ3v) is 8.71. The number of piperidine rings is 1. The second kappa shape index (κ2) is 10.2. The van der Waals surface area contributed by atoms with Crippen molar-refractivity contribution in [3.63, 3.8) is 0 Å². The van der Waals surface area contributed by atoms with E-state index in [1.54, 1.807) is 13.3 Å². The molecule has 1 aromatic carbocycles. The molecule has 3 fully saturated rings. The lowest BCUT2D eigenvalue weighted by Gasteiger charge is -2.36. The molecule has 0 bridgehead atoms. The number of para-hydroxylation sites is 1. The van der Waals surface area contributed by atoms with E-state index in [-0.39, 0.29) is 17.2 Å². The van der Waals surface area contributed by atoms with E-state index in [1.165, 1.54) is 17.3 Å². The maximum Gasteiger partial charge on any atom is 0.256 e. The highest BCUT2D eigenvalue weighted by molar-refractivity contribution is 7.98. The van der Waals surface area contributed by atoms with Crippen LogP contribution >= 0.6 is 11.8 Å².